The van der Waals surface area contributed by atoms with Gasteiger partial charge in [0, 0.05) is 8.07 Å². The second-order valence-corrected chi connectivity index (χ2v) is 19.3. The fourth-order valence-corrected chi connectivity index (χ4v) is 9.74. The molecule has 0 unspecified atom stereocenters. The maximum absolute atomic E-state index is 3.89. The monoisotopic (exact) mass is 299 g/mol. The summed E-state index contributed by atoms with van der Waals surface area (Å²) in [4.78, 5) is 3.89. The van der Waals surface area contributed by atoms with Gasteiger partial charge in [-0.05, 0) is 29.2 Å². The van der Waals surface area contributed by atoms with Crippen LogP contribution < -0.4 is 4.98 Å². The summed E-state index contributed by atoms with van der Waals surface area (Å²) in [6.45, 7) is 21.7. The molecule has 0 aromatic carbocycles. The predicted octanol–water partition coefficient (Wildman–Crippen LogP) is 5.99. The molecule has 0 atom stereocenters. The Morgan fingerprint density at radius 3 is 1.58 bits per heavy atom. The molecule has 0 saturated carbocycles. The smallest absolute Gasteiger partial charge is 0.160 e. The predicted molar refractivity (Wildman–Crippen MR) is 96.1 cm³/mol. The van der Waals surface area contributed by atoms with Crippen LogP contribution >= 0.6 is 0 Å². The molecule has 19 heavy (non-hydrogen) atoms. The van der Waals surface area contributed by atoms with Crippen LogP contribution in [-0.4, -0.2) is 16.3 Å². The lowest BCUT2D eigenvalue weighted by Gasteiger charge is -2.43. The topological polar surface area (TPSA) is 12.0 Å². The number of rotatable bonds is 8. The SMILES string of the molecule is CC(C)[Si](NC=CCC[Si](C)(C)C)(C(C)C)C(C)C. The van der Waals surface area contributed by atoms with Crippen molar-refractivity contribution < 1.29 is 0 Å². The third kappa shape index (κ3) is 5.86. The van der Waals surface area contributed by atoms with Crippen LogP contribution in [0.25, 0.3) is 0 Å². The van der Waals surface area contributed by atoms with Crippen LogP contribution in [0.3, 0.4) is 0 Å². The van der Waals surface area contributed by atoms with Crippen LogP contribution in [0, 0.1) is 0 Å². The minimum atomic E-state index is -1.45. The minimum absolute atomic E-state index is 0.772. The first kappa shape index (κ1) is 19.0. The Bertz CT molecular complexity index is 253. The molecule has 0 heterocycles. The molecule has 0 aliphatic carbocycles. The highest BCUT2D eigenvalue weighted by Crippen LogP contribution is 2.38. The normalized spacial score (nSPS) is 14.1. The Hall–Kier alpha value is -0.0262. The van der Waals surface area contributed by atoms with E-state index in [9.17, 15) is 0 Å². The van der Waals surface area contributed by atoms with Crippen LogP contribution in [0.2, 0.25) is 42.3 Å². The number of nitrogens with one attached hydrogen (secondary N) is 1. The van der Waals surface area contributed by atoms with E-state index in [0.717, 1.165) is 16.6 Å². The van der Waals surface area contributed by atoms with Gasteiger partial charge in [-0.3, -0.25) is 0 Å². The largest absolute Gasteiger partial charge is 0.416 e. The van der Waals surface area contributed by atoms with Gasteiger partial charge in [0.05, 0.1) is 0 Å². The molecule has 1 nitrogen and oxygen atoms in total. The van der Waals surface area contributed by atoms with Crippen molar-refractivity contribution in [3.8, 4) is 0 Å². The molecule has 0 radical (unpaired) electrons. The Morgan fingerprint density at radius 2 is 1.26 bits per heavy atom. The quantitative estimate of drug-likeness (QED) is 0.542. The van der Waals surface area contributed by atoms with E-state index in [2.05, 4.69) is 78.4 Å². The zero-order valence-electron chi connectivity index (χ0n) is 14.8. The van der Waals surface area contributed by atoms with E-state index in [1.165, 1.54) is 12.5 Å². The first-order valence-corrected chi connectivity index (χ1v) is 13.9. The Balaban J connectivity index is 4.64. The van der Waals surface area contributed by atoms with Gasteiger partial charge in [0.1, 0.15) is 0 Å². The van der Waals surface area contributed by atoms with Gasteiger partial charge in [-0.2, -0.15) is 0 Å². The maximum Gasteiger partial charge on any atom is 0.160 e. The summed E-state index contributed by atoms with van der Waals surface area (Å²) in [6, 6.07) is 1.39. The highest BCUT2D eigenvalue weighted by atomic mass is 28.3. The standard InChI is InChI=1S/C16H37NSi2/c1-14(2)19(15(3)4,16(5)6)17-12-10-11-13-18(7,8)9/h10,12,14-17H,11,13H2,1-9H3. The van der Waals surface area contributed by atoms with Crippen molar-refractivity contribution in [1.29, 1.82) is 0 Å². The lowest BCUT2D eigenvalue weighted by molar-refractivity contribution is 0.779. The summed E-state index contributed by atoms with van der Waals surface area (Å²) in [6.07, 6.45) is 5.89. The van der Waals surface area contributed by atoms with Gasteiger partial charge in [-0.15, -0.1) is 0 Å². The van der Waals surface area contributed by atoms with Crippen molar-refractivity contribution in [1.82, 2.24) is 4.98 Å². The first-order valence-electron chi connectivity index (χ1n) is 7.96. The molecule has 0 aromatic heterocycles. The summed E-state index contributed by atoms with van der Waals surface area (Å²) < 4.78 is 0. The second-order valence-electron chi connectivity index (χ2n) is 8.04. The van der Waals surface area contributed by atoms with Gasteiger partial charge >= 0.3 is 0 Å². The zero-order chi connectivity index (χ0) is 15.3. The summed E-state index contributed by atoms with van der Waals surface area (Å²) in [5, 5.41) is 0. The third-order valence-corrected chi connectivity index (χ3v) is 12.6. The minimum Gasteiger partial charge on any atom is -0.416 e. The summed E-state index contributed by atoms with van der Waals surface area (Å²) in [5.41, 5.74) is 2.32. The van der Waals surface area contributed by atoms with E-state index in [1.54, 1.807) is 0 Å². The van der Waals surface area contributed by atoms with Crippen molar-refractivity contribution in [2.75, 3.05) is 0 Å². The fraction of sp³-hybridized carbons (Fsp3) is 0.875. The van der Waals surface area contributed by atoms with E-state index in [4.69, 9.17) is 0 Å². The molecule has 0 bridgehead atoms. The van der Waals surface area contributed by atoms with Gasteiger partial charge < -0.3 is 4.98 Å². The molecule has 0 amide bonds. The van der Waals surface area contributed by atoms with Crippen molar-refractivity contribution in [2.45, 2.75) is 90.3 Å². The van der Waals surface area contributed by atoms with Crippen LogP contribution in [-0.2, 0) is 0 Å². The Labute approximate surface area is 124 Å². The van der Waals surface area contributed by atoms with Gasteiger partial charge in [0.2, 0.25) is 0 Å². The second kappa shape index (κ2) is 7.68. The Kier molecular flexibility index (Phi) is 7.67. The summed E-state index contributed by atoms with van der Waals surface area (Å²) >= 11 is 0. The molecule has 0 saturated heterocycles. The first-order chi connectivity index (χ1) is 8.54. The molecular formula is C16H37NSi2. The highest BCUT2D eigenvalue weighted by molar-refractivity contribution is 6.81. The van der Waals surface area contributed by atoms with Crippen molar-refractivity contribution in [3.05, 3.63) is 12.3 Å². The molecule has 0 aliphatic heterocycles. The Morgan fingerprint density at radius 1 is 0.842 bits per heavy atom. The highest BCUT2D eigenvalue weighted by Gasteiger charge is 2.42. The molecular weight excluding hydrogens is 262 g/mol. The maximum atomic E-state index is 3.89. The molecule has 0 rings (SSSR count). The average Bonchev–Trinajstić information content (AvgIpc) is 2.19. The summed E-state index contributed by atoms with van der Waals surface area (Å²) in [5.74, 6) is 0. The van der Waals surface area contributed by atoms with E-state index in [1.807, 2.05) is 0 Å². The van der Waals surface area contributed by atoms with Gasteiger partial charge in [0.15, 0.2) is 8.24 Å². The zero-order valence-corrected chi connectivity index (χ0v) is 16.8. The molecule has 0 fully saturated rings. The van der Waals surface area contributed by atoms with Crippen LogP contribution in [0.5, 0.6) is 0 Å². The molecule has 114 valence electrons. The molecule has 3 heteroatoms. The molecule has 0 aromatic rings. The number of hydrogen-bond donors (Lipinski definition) is 1. The number of hydrogen-bond acceptors (Lipinski definition) is 1. The van der Waals surface area contributed by atoms with Crippen molar-refractivity contribution in [3.63, 3.8) is 0 Å². The van der Waals surface area contributed by atoms with E-state index in [-0.39, 0.29) is 0 Å². The lowest BCUT2D eigenvalue weighted by atomic mass is 10.5. The molecule has 0 aliphatic rings. The summed E-state index contributed by atoms with van der Waals surface area (Å²) in [7, 11) is -2.34. The van der Waals surface area contributed by atoms with E-state index in [0.29, 0.717) is 0 Å². The van der Waals surface area contributed by atoms with Crippen LogP contribution in [0.4, 0.5) is 0 Å². The van der Waals surface area contributed by atoms with Gasteiger partial charge in [-0.25, -0.2) is 0 Å². The third-order valence-electron chi connectivity index (χ3n) is 4.38. The van der Waals surface area contributed by atoms with Crippen LogP contribution in [0.15, 0.2) is 12.3 Å². The lowest BCUT2D eigenvalue weighted by Crippen LogP contribution is -2.55. The van der Waals surface area contributed by atoms with Gasteiger partial charge in [0.25, 0.3) is 0 Å². The van der Waals surface area contributed by atoms with E-state index < -0.39 is 16.3 Å². The average molecular weight is 300 g/mol. The fourth-order valence-electron chi connectivity index (χ4n) is 3.30. The van der Waals surface area contributed by atoms with Crippen molar-refractivity contribution in [2.24, 2.45) is 0 Å². The van der Waals surface area contributed by atoms with Gasteiger partial charge in [-0.1, -0.05) is 73.3 Å². The molecule has 0 spiro atoms. The van der Waals surface area contributed by atoms with Crippen molar-refractivity contribution >= 4 is 16.3 Å². The molecule has 1 N–H and O–H groups in total. The van der Waals surface area contributed by atoms with E-state index >= 15 is 0 Å². The number of allylic oxidation sites excluding steroid dienone is 1. The van der Waals surface area contributed by atoms with Crippen LogP contribution in [0.1, 0.15) is 48.0 Å².